The maximum Gasteiger partial charge on any atom is 0.204 e. The summed E-state index contributed by atoms with van der Waals surface area (Å²) in [5.74, 6) is -0.330. The number of Topliss-reactive ketones (excluding diaryl/α,β-unsaturated/α-hetero) is 2. The number of fused-ring (bicyclic) bond motifs is 16. The summed E-state index contributed by atoms with van der Waals surface area (Å²) < 4.78 is 8.17. The number of thiophene rings is 8. The zero-order valence-electron chi connectivity index (χ0n) is 43.2. The highest BCUT2D eigenvalue weighted by Gasteiger charge is 2.54. The van der Waals surface area contributed by atoms with Gasteiger partial charge in [-0.2, -0.15) is 21.0 Å². The van der Waals surface area contributed by atoms with Crippen LogP contribution in [0.2, 0.25) is 0 Å². The van der Waals surface area contributed by atoms with Crippen LogP contribution >= 0.6 is 90.7 Å². The Morgan fingerprint density at radius 3 is 1.08 bits per heavy atom. The Morgan fingerprint density at radius 2 is 0.738 bits per heavy atom. The molecule has 13 aromatic rings. The number of carbonyl (C=O) groups excluding carboxylic acids is 2. The molecule has 0 saturated heterocycles. The molecular formula is C70H30N4O2S8. The van der Waals surface area contributed by atoms with Crippen molar-refractivity contribution in [3.8, 4) is 45.2 Å². The number of nitriles is 4. The lowest BCUT2D eigenvalue weighted by Crippen LogP contribution is -2.29. The molecule has 17 rings (SSSR count). The van der Waals surface area contributed by atoms with Gasteiger partial charge in [0.2, 0.25) is 11.6 Å². The Balaban J connectivity index is 0.916. The van der Waals surface area contributed by atoms with Gasteiger partial charge in [0, 0.05) is 82.9 Å². The second kappa shape index (κ2) is 18.2. The molecule has 0 unspecified atom stereocenters. The van der Waals surface area contributed by atoms with Crippen LogP contribution in [0, 0.1) is 45.3 Å². The Morgan fingerprint density at radius 1 is 0.393 bits per heavy atom. The Labute approximate surface area is 511 Å². The first-order chi connectivity index (χ1) is 41.3. The van der Waals surface area contributed by atoms with Crippen LogP contribution in [-0.4, -0.2) is 11.6 Å². The van der Waals surface area contributed by atoms with Crippen LogP contribution in [-0.2, 0) is 10.8 Å². The summed E-state index contributed by atoms with van der Waals surface area (Å²) in [6.45, 7) is 0. The number of ketones is 2. The summed E-state index contributed by atoms with van der Waals surface area (Å²) >= 11 is 12.7. The number of nitrogens with zero attached hydrogens (tertiary/aromatic N) is 4. The largest absolute Gasteiger partial charge is 0.288 e. The molecule has 84 heavy (non-hydrogen) atoms. The smallest absolute Gasteiger partial charge is 0.204 e. The zero-order chi connectivity index (χ0) is 56.3. The molecule has 0 atom stereocenters. The Hall–Kier alpha value is -9.00. The topological polar surface area (TPSA) is 129 Å². The monoisotopic (exact) mass is 1210 g/mol. The van der Waals surface area contributed by atoms with Crippen molar-refractivity contribution in [3.05, 3.63) is 266 Å². The maximum atomic E-state index is 14.5. The van der Waals surface area contributed by atoms with E-state index in [2.05, 4.69) is 170 Å². The molecule has 0 aliphatic heterocycles. The third kappa shape index (κ3) is 6.41. The van der Waals surface area contributed by atoms with E-state index in [1.54, 1.807) is 45.3 Å². The molecule has 0 N–H and O–H groups in total. The van der Waals surface area contributed by atoms with Gasteiger partial charge in [0.05, 0.1) is 39.4 Å². The fourth-order valence-corrected chi connectivity index (χ4v) is 23.8. The van der Waals surface area contributed by atoms with Crippen molar-refractivity contribution >= 4 is 163 Å². The Bertz CT molecular complexity index is 5010. The number of hydrogen-bond donors (Lipinski definition) is 0. The molecule has 0 fully saturated rings. The molecular weight excluding hydrogens is 1190 g/mol. The van der Waals surface area contributed by atoms with Crippen molar-refractivity contribution in [2.75, 3.05) is 0 Å². The van der Waals surface area contributed by atoms with E-state index in [9.17, 15) is 30.6 Å². The number of rotatable bonds is 6. The lowest BCUT2D eigenvalue weighted by molar-refractivity contribution is 0.103. The van der Waals surface area contributed by atoms with E-state index in [4.69, 9.17) is 0 Å². The van der Waals surface area contributed by atoms with Crippen LogP contribution < -0.4 is 0 Å². The van der Waals surface area contributed by atoms with Crippen molar-refractivity contribution < 1.29 is 9.59 Å². The van der Waals surface area contributed by atoms with E-state index in [0.29, 0.717) is 43.2 Å². The fourth-order valence-electron chi connectivity index (χ4n) is 13.7. The normalized spacial score (nSPS) is 15.8. The summed E-state index contributed by atoms with van der Waals surface area (Å²) in [7, 11) is 0. The number of hydrogen-bond acceptors (Lipinski definition) is 14. The van der Waals surface area contributed by atoms with Crippen molar-refractivity contribution in [1.29, 1.82) is 21.0 Å². The molecule has 4 aliphatic rings. The quantitative estimate of drug-likeness (QED) is 0.120. The third-order valence-electron chi connectivity index (χ3n) is 16.8. The van der Waals surface area contributed by atoms with Gasteiger partial charge in [0.1, 0.15) is 35.4 Å². The van der Waals surface area contributed by atoms with Crippen molar-refractivity contribution in [3.63, 3.8) is 0 Å². The highest BCUT2D eigenvalue weighted by atomic mass is 32.1. The van der Waals surface area contributed by atoms with Crippen LogP contribution in [0.4, 0.5) is 0 Å². The van der Waals surface area contributed by atoms with Crippen LogP contribution in [0.25, 0.3) is 81.8 Å². The third-order valence-corrected chi connectivity index (χ3v) is 26.1. The second-order valence-electron chi connectivity index (χ2n) is 20.8. The average Bonchev–Trinajstić information content (AvgIpc) is 1.54. The number of allylic oxidation sites excluding steroid dienone is 6. The van der Waals surface area contributed by atoms with Gasteiger partial charge in [-0.25, -0.2) is 0 Å². The lowest BCUT2D eigenvalue weighted by Gasteiger charge is -2.35. The maximum absolute atomic E-state index is 14.5. The summed E-state index contributed by atoms with van der Waals surface area (Å²) in [4.78, 5) is 34.3. The number of carbonyl (C=O) groups is 2. The van der Waals surface area contributed by atoms with Gasteiger partial charge in [-0.05, 0) is 104 Å². The summed E-state index contributed by atoms with van der Waals surface area (Å²) in [6, 6.07) is 65.1. The molecule has 0 saturated carbocycles. The van der Waals surface area contributed by atoms with Gasteiger partial charge in [0.15, 0.2) is 0 Å². The highest BCUT2D eigenvalue weighted by molar-refractivity contribution is 7.32. The molecule has 4 aliphatic carbocycles. The first-order valence-corrected chi connectivity index (χ1v) is 33.1. The van der Waals surface area contributed by atoms with E-state index >= 15 is 0 Å². The van der Waals surface area contributed by atoms with Gasteiger partial charge >= 0.3 is 0 Å². The molecule has 390 valence electrons. The van der Waals surface area contributed by atoms with E-state index in [-0.39, 0.29) is 22.7 Å². The standard InChI is InChI=1S/C70H30N4O2S8/c71-31-35(32-72)53-45(59(75)67-55(53)63-49(81-67)21-23-77-63)25-41-27-51-65(79-41)57-61(83-51)43-30-48-44(29-47(43)69(57,37-13-5-1-6-14-37)38-15-7-2-8-16-38)62-58(70(48,39-17-9-3-10-18-39)40-19-11-4-12-20-40)66-52(84-62)28-42(80-66)26-46-54(36(33-73)34-74)56-64-50(22-24-78-64)82-68(56)60(46)76/h1-30H/b45-25-,46-26-. The van der Waals surface area contributed by atoms with Gasteiger partial charge < -0.3 is 0 Å². The van der Waals surface area contributed by atoms with E-state index < -0.39 is 10.8 Å². The highest BCUT2D eigenvalue weighted by Crippen LogP contribution is 2.68. The second-order valence-corrected chi connectivity index (χ2v) is 29.0. The minimum atomic E-state index is -0.798. The SMILES string of the molecule is N#CC(C#N)=C1/C(=C/c2cc3sc4c(c3s2)C(c2ccccc2)(c2ccccc2)c2cc3c(cc2-4)C(c2ccccc2)(c2ccccc2)c2c-3sc3cc(/C=C4\C(=O)c5sc6ccsc6c5C4=C(C#N)C#N)sc23)C(=O)c2sc3ccsc3c21. The van der Waals surface area contributed by atoms with Crippen LogP contribution in [0.15, 0.2) is 191 Å². The van der Waals surface area contributed by atoms with Crippen LogP contribution in [0.1, 0.15) is 84.7 Å². The molecule has 0 spiro atoms. The predicted molar refractivity (Wildman–Crippen MR) is 348 cm³/mol. The summed E-state index contributed by atoms with van der Waals surface area (Å²) in [5.41, 5.74) is 12.7. The molecule has 14 heteroatoms. The summed E-state index contributed by atoms with van der Waals surface area (Å²) in [6.07, 6.45) is 3.81. The van der Waals surface area contributed by atoms with Crippen LogP contribution in [0.3, 0.4) is 0 Å². The number of benzene rings is 5. The van der Waals surface area contributed by atoms with E-state index in [1.807, 2.05) is 35.0 Å². The molecule has 0 amide bonds. The van der Waals surface area contributed by atoms with Crippen molar-refractivity contribution in [2.45, 2.75) is 10.8 Å². The predicted octanol–water partition coefficient (Wildman–Crippen LogP) is 19.7. The van der Waals surface area contributed by atoms with E-state index in [0.717, 1.165) is 80.7 Å². The average molecular weight is 1220 g/mol. The fraction of sp³-hybridized carbons (Fsp3) is 0.0286. The molecule has 8 aromatic heterocycles. The lowest BCUT2D eigenvalue weighted by atomic mass is 9.66. The Kier molecular flexibility index (Phi) is 10.8. The van der Waals surface area contributed by atoms with E-state index in [1.165, 1.54) is 77.4 Å². The molecule has 0 radical (unpaired) electrons. The molecule has 0 bridgehead atoms. The molecule has 5 aromatic carbocycles. The summed E-state index contributed by atoms with van der Waals surface area (Å²) in [5, 5.41) is 45.4. The minimum absolute atomic E-state index is 0.0686. The molecule has 8 heterocycles. The van der Waals surface area contributed by atoms with Gasteiger partial charge in [-0.15, -0.1) is 90.7 Å². The first kappa shape index (κ1) is 49.6. The van der Waals surface area contributed by atoms with Gasteiger partial charge in [-0.1, -0.05) is 121 Å². The van der Waals surface area contributed by atoms with Gasteiger partial charge in [0.25, 0.3) is 0 Å². The first-order valence-electron chi connectivity index (χ1n) is 26.5. The van der Waals surface area contributed by atoms with Crippen molar-refractivity contribution in [2.24, 2.45) is 0 Å². The minimum Gasteiger partial charge on any atom is -0.288 e. The zero-order valence-corrected chi connectivity index (χ0v) is 49.7. The van der Waals surface area contributed by atoms with Crippen LogP contribution in [0.5, 0.6) is 0 Å². The molecule has 6 nitrogen and oxygen atoms in total. The van der Waals surface area contributed by atoms with Gasteiger partial charge in [-0.3, -0.25) is 9.59 Å². The van der Waals surface area contributed by atoms with Crippen molar-refractivity contribution in [1.82, 2.24) is 0 Å².